The number of ether oxygens (including phenoxy) is 1. The molecule has 4 rings (SSSR count). The maximum Gasteiger partial charge on any atom is 0.392 e. The maximum atomic E-state index is 5.91. The number of hydrogen-bond acceptors (Lipinski definition) is 4. The maximum absolute atomic E-state index is 5.91. The normalized spacial score (nSPS) is 11.1. The van der Waals surface area contributed by atoms with E-state index in [1.807, 2.05) is 18.2 Å². The second kappa shape index (κ2) is 5.00. The average Bonchev–Trinajstić information content (AvgIpc) is 3.00. The summed E-state index contributed by atoms with van der Waals surface area (Å²) in [6.07, 6.45) is 1.57. The van der Waals surface area contributed by atoms with Gasteiger partial charge in [0.05, 0.1) is 6.33 Å². The Labute approximate surface area is 126 Å². The van der Waals surface area contributed by atoms with Crippen LogP contribution in [0.15, 0.2) is 48.8 Å². The molecule has 2 aromatic carbocycles. The number of nitrogens with zero attached hydrogens (tertiary/aromatic N) is 2. The summed E-state index contributed by atoms with van der Waals surface area (Å²) in [5.74, 6) is 0.806. The number of nitrogens with one attached hydrogen (secondary N) is 2. The van der Waals surface area contributed by atoms with Crippen molar-refractivity contribution in [2.45, 2.75) is 6.61 Å². The van der Waals surface area contributed by atoms with E-state index in [1.165, 1.54) is 10.8 Å². The number of imidazole rings is 1. The van der Waals surface area contributed by atoms with Crippen LogP contribution in [0.3, 0.4) is 0 Å². The lowest BCUT2D eigenvalue weighted by atomic mass is 10.1. The minimum Gasteiger partial charge on any atom is -0.461 e. The molecular weight excluding hydrogens is 278 g/mol. The molecule has 2 heterocycles. The van der Waals surface area contributed by atoms with Crippen LogP contribution in [0.1, 0.15) is 5.56 Å². The minimum atomic E-state index is 0.271. The van der Waals surface area contributed by atoms with Gasteiger partial charge in [-0.25, -0.2) is 9.97 Å². The summed E-state index contributed by atoms with van der Waals surface area (Å²) in [7, 11) is 0. The molecule has 0 saturated carbocycles. The summed E-state index contributed by atoms with van der Waals surface area (Å²) in [6.45, 7) is 0.426. The number of fused-ring (bicyclic) bond motifs is 2. The predicted molar refractivity (Wildman–Crippen MR) is 83.1 cm³/mol. The monoisotopic (exact) mass is 292 g/mol. The molecule has 22 heavy (non-hydrogen) atoms. The van der Waals surface area contributed by atoms with Gasteiger partial charge in [0.25, 0.3) is 11.5 Å². The smallest absolute Gasteiger partial charge is 0.392 e. The molecule has 6 nitrogen and oxygen atoms in total. The first kappa shape index (κ1) is 12.6. The van der Waals surface area contributed by atoms with Crippen LogP contribution in [0.25, 0.3) is 21.9 Å². The van der Waals surface area contributed by atoms with Crippen molar-refractivity contribution < 1.29 is 9.72 Å². The molecule has 0 atom stereocenters. The van der Waals surface area contributed by atoms with Crippen molar-refractivity contribution in [3.05, 3.63) is 54.4 Å². The van der Waals surface area contributed by atoms with Gasteiger partial charge in [-0.2, -0.15) is 0 Å². The molecular formula is C16H14N5O+. The Hall–Kier alpha value is -3.15. The molecule has 2 aromatic heterocycles. The molecule has 0 saturated heterocycles. The van der Waals surface area contributed by atoms with E-state index in [2.05, 4.69) is 44.2 Å². The summed E-state index contributed by atoms with van der Waals surface area (Å²) in [6, 6.07) is 14.4. The highest BCUT2D eigenvalue weighted by molar-refractivity contribution is 5.85. The van der Waals surface area contributed by atoms with E-state index in [0.717, 1.165) is 5.56 Å². The van der Waals surface area contributed by atoms with E-state index in [1.54, 1.807) is 6.33 Å². The fourth-order valence-corrected chi connectivity index (χ4v) is 2.54. The van der Waals surface area contributed by atoms with Crippen molar-refractivity contribution in [3.63, 3.8) is 0 Å². The second-order valence-corrected chi connectivity index (χ2v) is 4.98. The number of rotatable bonds is 3. The molecule has 0 aliphatic carbocycles. The average molecular weight is 292 g/mol. The molecule has 0 radical (unpaired) electrons. The summed E-state index contributed by atoms with van der Waals surface area (Å²) < 4.78 is 5.91. The van der Waals surface area contributed by atoms with Crippen molar-refractivity contribution in [1.29, 1.82) is 0 Å². The van der Waals surface area contributed by atoms with Crippen molar-refractivity contribution in [3.8, 4) is 5.88 Å². The first-order valence-corrected chi connectivity index (χ1v) is 6.92. The van der Waals surface area contributed by atoms with E-state index in [-0.39, 0.29) is 5.95 Å². The molecule has 0 aliphatic heterocycles. The van der Waals surface area contributed by atoms with Crippen molar-refractivity contribution >= 4 is 27.9 Å². The predicted octanol–water partition coefficient (Wildman–Crippen LogP) is 2.09. The van der Waals surface area contributed by atoms with Crippen molar-refractivity contribution in [1.82, 2.24) is 15.0 Å². The molecule has 0 amide bonds. The van der Waals surface area contributed by atoms with Gasteiger partial charge in [-0.05, 0) is 21.3 Å². The fourth-order valence-electron chi connectivity index (χ4n) is 2.54. The fraction of sp³-hybridized carbons (Fsp3) is 0.0625. The van der Waals surface area contributed by atoms with Crippen molar-refractivity contribution in [2.24, 2.45) is 0 Å². The second-order valence-electron chi connectivity index (χ2n) is 4.98. The number of H-pyrrole nitrogens is 2. The van der Waals surface area contributed by atoms with Crippen LogP contribution < -0.4 is 15.5 Å². The summed E-state index contributed by atoms with van der Waals surface area (Å²) in [5.41, 5.74) is 8.08. The van der Waals surface area contributed by atoms with Gasteiger partial charge in [0.15, 0.2) is 5.52 Å². The third-order valence-electron chi connectivity index (χ3n) is 3.57. The number of nitrogen functional groups attached to an aromatic ring is 1. The van der Waals surface area contributed by atoms with Gasteiger partial charge in [-0.1, -0.05) is 42.5 Å². The van der Waals surface area contributed by atoms with Gasteiger partial charge in [-0.3, -0.25) is 5.73 Å². The van der Waals surface area contributed by atoms with Gasteiger partial charge in [0.1, 0.15) is 6.61 Å². The van der Waals surface area contributed by atoms with Gasteiger partial charge >= 0.3 is 5.95 Å². The van der Waals surface area contributed by atoms with E-state index < -0.39 is 0 Å². The van der Waals surface area contributed by atoms with Crippen LogP contribution in [-0.2, 0) is 6.61 Å². The first-order chi connectivity index (χ1) is 10.8. The van der Waals surface area contributed by atoms with E-state index >= 15 is 0 Å². The number of aromatic amines is 2. The Morgan fingerprint density at radius 1 is 1.14 bits per heavy atom. The topological polar surface area (TPSA) is 91.0 Å². The third-order valence-corrected chi connectivity index (χ3v) is 3.57. The lowest BCUT2D eigenvalue weighted by Crippen LogP contribution is -2.17. The standard InChI is InChI=1S/C16H13N5O/c17-16-20-14-13(18-9-19-14)15(21-16)22-8-11-6-3-5-10-4-1-2-7-12(10)11/h1-7,9H,8H2,(H3,17,18,19,20,21)/p+1. The van der Waals surface area contributed by atoms with Gasteiger partial charge < -0.3 is 9.72 Å². The molecule has 0 fully saturated rings. The van der Waals surface area contributed by atoms with E-state index in [0.29, 0.717) is 23.7 Å². The number of hydrogen-bond donors (Lipinski definition) is 2. The highest BCUT2D eigenvalue weighted by Crippen LogP contribution is 2.21. The Morgan fingerprint density at radius 2 is 2.00 bits per heavy atom. The molecule has 0 unspecified atom stereocenters. The Bertz CT molecular complexity index is 958. The molecule has 108 valence electrons. The molecule has 6 heteroatoms. The number of anilines is 1. The van der Waals surface area contributed by atoms with Gasteiger partial charge in [-0.15, -0.1) is 0 Å². The summed E-state index contributed by atoms with van der Waals surface area (Å²) in [5, 5.41) is 2.36. The lowest BCUT2D eigenvalue weighted by Gasteiger charge is -2.08. The van der Waals surface area contributed by atoms with Crippen LogP contribution in [0, 0.1) is 0 Å². The van der Waals surface area contributed by atoms with E-state index in [4.69, 9.17) is 10.5 Å². The zero-order valence-electron chi connectivity index (χ0n) is 11.7. The van der Waals surface area contributed by atoms with Crippen molar-refractivity contribution in [2.75, 3.05) is 5.73 Å². The Balaban J connectivity index is 1.70. The number of aromatic nitrogens is 4. The largest absolute Gasteiger partial charge is 0.461 e. The molecule has 0 bridgehead atoms. The van der Waals surface area contributed by atoms with Gasteiger partial charge in [0.2, 0.25) is 0 Å². The van der Waals surface area contributed by atoms with Crippen LogP contribution in [-0.4, -0.2) is 15.0 Å². The number of benzene rings is 2. The third kappa shape index (κ3) is 2.10. The van der Waals surface area contributed by atoms with Crippen LogP contribution >= 0.6 is 0 Å². The van der Waals surface area contributed by atoms with Crippen LogP contribution in [0.2, 0.25) is 0 Å². The number of nitrogens with two attached hydrogens (primary N) is 1. The van der Waals surface area contributed by atoms with Gasteiger partial charge in [0, 0.05) is 0 Å². The lowest BCUT2D eigenvalue weighted by molar-refractivity contribution is -0.380. The van der Waals surface area contributed by atoms with Crippen LogP contribution in [0.4, 0.5) is 5.95 Å². The molecule has 0 aliphatic rings. The molecule has 0 spiro atoms. The first-order valence-electron chi connectivity index (χ1n) is 6.92. The summed E-state index contributed by atoms with van der Waals surface area (Å²) in [4.78, 5) is 14.1. The Kier molecular flexibility index (Phi) is 2.86. The SMILES string of the molecule is Nc1nc2nc[nH]c2c(OCc2cccc3ccccc23)[nH+]1. The van der Waals surface area contributed by atoms with E-state index in [9.17, 15) is 0 Å². The molecule has 4 aromatic rings. The highest BCUT2D eigenvalue weighted by atomic mass is 16.5. The minimum absolute atomic E-state index is 0.271. The summed E-state index contributed by atoms with van der Waals surface area (Å²) >= 11 is 0. The highest BCUT2D eigenvalue weighted by Gasteiger charge is 2.15. The zero-order valence-corrected chi connectivity index (χ0v) is 11.7. The quantitative estimate of drug-likeness (QED) is 0.605. The Morgan fingerprint density at radius 3 is 2.95 bits per heavy atom. The molecule has 4 N–H and O–H groups in total. The van der Waals surface area contributed by atoms with Crippen LogP contribution in [0.5, 0.6) is 5.88 Å². The zero-order chi connectivity index (χ0) is 14.9.